The van der Waals surface area contributed by atoms with Crippen LogP contribution in [0.15, 0.2) is 0 Å². The van der Waals surface area contributed by atoms with E-state index in [-0.39, 0.29) is 0 Å². The minimum Gasteiger partial charge on any atom is -0.330 e. The van der Waals surface area contributed by atoms with Gasteiger partial charge in [-0.25, -0.2) is 0 Å². The van der Waals surface area contributed by atoms with Gasteiger partial charge >= 0.3 is 0 Å². The van der Waals surface area contributed by atoms with Gasteiger partial charge in [-0.05, 0) is 47.2 Å². The minimum absolute atomic E-state index is 0.300. The lowest BCUT2D eigenvalue weighted by atomic mass is 9.97. The molecule has 2 nitrogen and oxygen atoms in total. The Morgan fingerprint density at radius 2 is 1.92 bits per heavy atom. The Morgan fingerprint density at radius 1 is 1.42 bits per heavy atom. The van der Waals surface area contributed by atoms with Gasteiger partial charge in [0.1, 0.15) is 0 Å². The largest absolute Gasteiger partial charge is 0.330 e. The van der Waals surface area contributed by atoms with Crippen molar-refractivity contribution in [2.45, 2.75) is 52.1 Å². The molecule has 0 amide bonds. The van der Waals surface area contributed by atoms with Crippen molar-refractivity contribution in [1.82, 2.24) is 4.90 Å². The molecule has 2 N–H and O–H groups in total. The molecule has 0 bridgehead atoms. The van der Waals surface area contributed by atoms with Gasteiger partial charge in [-0.15, -0.1) is 0 Å². The van der Waals surface area contributed by atoms with E-state index in [0.717, 1.165) is 13.0 Å². The van der Waals surface area contributed by atoms with Crippen LogP contribution in [0.3, 0.4) is 0 Å². The third-order valence-electron chi connectivity index (χ3n) is 3.07. The van der Waals surface area contributed by atoms with E-state index in [9.17, 15) is 0 Å². The number of hydrogen-bond donors (Lipinski definition) is 1. The van der Waals surface area contributed by atoms with Crippen LogP contribution in [0.4, 0.5) is 0 Å². The van der Waals surface area contributed by atoms with Crippen molar-refractivity contribution in [2.24, 2.45) is 5.73 Å². The quantitative estimate of drug-likeness (QED) is 0.685. The summed E-state index contributed by atoms with van der Waals surface area (Å²) in [7, 11) is 2.18. The molecular formula is C10H24N2. The molecule has 0 radical (unpaired) electrons. The van der Waals surface area contributed by atoms with Crippen molar-refractivity contribution in [1.29, 1.82) is 0 Å². The monoisotopic (exact) mass is 172 g/mol. The summed E-state index contributed by atoms with van der Waals surface area (Å²) < 4.78 is 0. The molecule has 0 aliphatic carbocycles. The van der Waals surface area contributed by atoms with E-state index in [4.69, 9.17) is 5.73 Å². The molecule has 0 rings (SSSR count). The van der Waals surface area contributed by atoms with Gasteiger partial charge in [-0.2, -0.15) is 0 Å². The Balaban J connectivity index is 4.07. The number of hydrogen-bond acceptors (Lipinski definition) is 2. The van der Waals surface area contributed by atoms with Crippen molar-refractivity contribution in [3.63, 3.8) is 0 Å². The maximum absolute atomic E-state index is 5.53. The van der Waals surface area contributed by atoms with Crippen LogP contribution >= 0.6 is 0 Å². The first-order valence-electron chi connectivity index (χ1n) is 4.88. The fourth-order valence-corrected chi connectivity index (χ4v) is 1.28. The molecule has 0 saturated heterocycles. The van der Waals surface area contributed by atoms with Gasteiger partial charge in [0.25, 0.3) is 0 Å². The number of nitrogens with zero attached hydrogens (tertiary/aromatic N) is 1. The van der Waals surface area contributed by atoms with Crippen LogP contribution < -0.4 is 5.73 Å². The Morgan fingerprint density at radius 3 is 2.25 bits per heavy atom. The summed E-state index contributed by atoms with van der Waals surface area (Å²) >= 11 is 0. The molecule has 0 fully saturated rings. The Kier molecular flexibility index (Phi) is 4.80. The van der Waals surface area contributed by atoms with Gasteiger partial charge in [-0.3, -0.25) is 4.90 Å². The van der Waals surface area contributed by atoms with E-state index >= 15 is 0 Å². The highest BCUT2D eigenvalue weighted by Crippen LogP contribution is 2.19. The molecule has 0 aromatic rings. The second-order valence-corrected chi connectivity index (χ2v) is 4.20. The lowest BCUT2D eigenvalue weighted by molar-refractivity contribution is 0.102. The summed E-state index contributed by atoms with van der Waals surface area (Å²) in [4.78, 5) is 2.42. The number of nitrogens with two attached hydrogens (primary N) is 1. The Hall–Kier alpha value is -0.0800. The molecule has 1 unspecified atom stereocenters. The summed E-state index contributed by atoms with van der Waals surface area (Å²) in [6, 6.07) is 0.588. The van der Waals surface area contributed by atoms with Crippen LogP contribution in [0.2, 0.25) is 0 Å². The van der Waals surface area contributed by atoms with Crippen molar-refractivity contribution < 1.29 is 0 Å². The molecule has 12 heavy (non-hydrogen) atoms. The van der Waals surface area contributed by atoms with E-state index in [0.29, 0.717) is 11.6 Å². The third kappa shape index (κ3) is 3.11. The first-order chi connectivity index (χ1) is 5.45. The first kappa shape index (κ1) is 11.9. The van der Waals surface area contributed by atoms with Crippen LogP contribution in [-0.4, -0.2) is 30.1 Å². The zero-order valence-electron chi connectivity index (χ0n) is 9.22. The van der Waals surface area contributed by atoms with Crippen molar-refractivity contribution in [2.75, 3.05) is 13.6 Å². The fourth-order valence-electron chi connectivity index (χ4n) is 1.28. The van der Waals surface area contributed by atoms with Gasteiger partial charge < -0.3 is 5.73 Å². The topological polar surface area (TPSA) is 29.3 Å². The second-order valence-electron chi connectivity index (χ2n) is 4.20. The molecule has 0 aliphatic heterocycles. The van der Waals surface area contributed by atoms with Crippen LogP contribution in [-0.2, 0) is 0 Å². The molecule has 74 valence electrons. The molecule has 0 aromatic heterocycles. The zero-order valence-corrected chi connectivity index (χ0v) is 9.22. The standard InChI is InChI=1S/C10H24N2/c1-6-10(3,4)12(5)9(2)7-8-11/h9H,6-8,11H2,1-5H3. The predicted octanol–water partition coefficient (Wildman–Crippen LogP) is 1.84. The molecule has 0 aliphatic rings. The van der Waals surface area contributed by atoms with Gasteiger partial charge in [0, 0.05) is 11.6 Å². The highest BCUT2D eigenvalue weighted by atomic mass is 15.2. The lowest BCUT2D eigenvalue weighted by Crippen LogP contribution is -2.46. The van der Waals surface area contributed by atoms with Crippen LogP contribution in [0.1, 0.15) is 40.5 Å². The third-order valence-corrected chi connectivity index (χ3v) is 3.07. The molecule has 2 heteroatoms. The molecule has 0 heterocycles. The smallest absolute Gasteiger partial charge is 0.0150 e. The average molecular weight is 172 g/mol. The van der Waals surface area contributed by atoms with Gasteiger partial charge in [0.15, 0.2) is 0 Å². The zero-order chi connectivity index (χ0) is 9.78. The normalized spacial score (nSPS) is 15.2. The molecule has 0 spiro atoms. The Labute approximate surface area is 77.1 Å². The minimum atomic E-state index is 0.300. The van der Waals surface area contributed by atoms with Crippen molar-refractivity contribution in [3.05, 3.63) is 0 Å². The van der Waals surface area contributed by atoms with Crippen LogP contribution in [0, 0.1) is 0 Å². The average Bonchev–Trinajstić information content (AvgIpc) is 2.03. The summed E-state index contributed by atoms with van der Waals surface area (Å²) in [5, 5.41) is 0. The molecule has 0 aromatic carbocycles. The van der Waals surface area contributed by atoms with E-state index in [1.54, 1.807) is 0 Å². The summed E-state index contributed by atoms with van der Waals surface area (Å²) in [6.07, 6.45) is 2.26. The summed E-state index contributed by atoms with van der Waals surface area (Å²) in [5.74, 6) is 0. The van der Waals surface area contributed by atoms with Crippen molar-refractivity contribution >= 4 is 0 Å². The maximum atomic E-state index is 5.53. The SMILES string of the molecule is CCC(C)(C)N(C)C(C)CCN. The number of rotatable bonds is 5. The first-order valence-corrected chi connectivity index (χ1v) is 4.88. The van der Waals surface area contributed by atoms with Gasteiger partial charge in [0.05, 0.1) is 0 Å². The fraction of sp³-hybridized carbons (Fsp3) is 1.00. The predicted molar refractivity (Wildman–Crippen MR) is 55.3 cm³/mol. The lowest BCUT2D eigenvalue weighted by Gasteiger charge is -2.39. The second kappa shape index (κ2) is 4.83. The van der Waals surface area contributed by atoms with Gasteiger partial charge in [0.2, 0.25) is 0 Å². The van der Waals surface area contributed by atoms with Crippen LogP contribution in [0.25, 0.3) is 0 Å². The maximum Gasteiger partial charge on any atom is 0.0150 e. The van der Waals surface area contributed by atoms with E-state index in [1.807, 2.05) is 0 Å². The van der Waals surface area contributed by atoms with Gasteiger partial charge in [-0.1, -0.05) is 6.92 Å². The molecular weight excluding hydrogens is 148 g/mol. The molecule has 1 atom stereocenters. The molecule has 0 saturated carbocycles. The van der Waals surface area contributed by atoms with Crippen molar-refractivity contribution in [3.8, 4) is 0 Å². The summed E-state index contributed by atoms with van der Waals surface area (Å²) in [6.45, 7) is 9.81. The highest BCUT2D eigenvalue weighted by molar-refractivity contribution is 4.81. The van der Waals surface area contributed by atoms with E-state index in [1.165, 1.54) is 6.42 Å². The van der Waals surface area contributed by atoms with E-state index < -0.39 is 0 Å². The summed E-state index contributed by atoms with van der Waals surface area (Å²) in [5.41, 5.74) is 5.83. The highest BCUT2D eigenvalue weighted by Gasteiger charge is 2.24. The van der Waals surface area contributed by atoms with Crippen LogP contribution in [0.5, 0.6) is 0 Å². The van der Waals surface area contributed by atoms with E-state index in [2.05, 4.69) is 39.6 Å². The Bertz CT molecular complexity index is 121.